The van der Waals surface area contributed by atoms with Gasteiger partial charge in [0.15, 0.2) is 17.3 Å². The first-order valence-electron chi connectivity index (χ1n) is 10.7. The molecule has 0 atom stereocenters. The van der Waals surface area contributed by atoms with Crippen molar-refractivity contribution in [2.24, 2.45) is 0 Å². The molecule has 1 aliphatic heterocycles. The second-order valence-corrected chi connectivity index (χ2v) is 10.1. The number of halogens is 2. The fraction of sp³-hybridized carbons (Fsp3) is 0.435. The second-order valence-electron chi connectivity index (χ2n) is 8.14. The van der Waals surface area contributed by atoms with Gasteiger partial charge in [0, 0.05) is 37.9 Å². The molecule has 2 aromatic carbocycles. The number of sulfone groups is 1. The van der Waals surface area contributed by atoms with Gasteiger partial charge in [-0.3, -0.25) is 0 Å². The van der Waals surface area contributed by atoms with Crippen molar-refractivity contribution >= 4 is 27.1 Å². The number of nitrogens with zero attached hydrogens (tertiary/aromatic N) is 3. The Balaban J connectivity index is 2.23. The summed E-state index contributed by atoms with van der Waals surface area (Å²) in [6.07, 6.45) is 0. The van der Waals surface area contributed by atoms with Crippen molar-refractivity contribution in [3.05, 3.63) is 48.0 Å². The van der Waals surface area contributed by atoms with Gasteiger partial charge in [-0.25, -0.2) is 26.5 Å². The number of amides is 1. The molecule has 0 N–H and O–H groups in total. The van der Waals surface area contributed by atoms with Gasteiger partial charge in [0.2, 0.25) is 9.84 Å². The van der Waals surface area contributed by atoms with Gasteiger partial charge >= 0.3 is 5.91 Å². The topological polar surface area (TPSA) is 57.7 Å². The van der Waals surface area contributed by atoms with E-state index in [1.165, 1.54) is 13.0 Å². The van der Waals surface area contributed by atoms with Crippen molar-refractivity contribution in [2.75, 3.05) is 51.2 Å². The number of piperazine rings is 1. The van der Waals surface area contributed by atoms with Gasteiger partial charge in [-0.15, -0.1) is 0 Å². The van der Waals surface area contributed by atoms with Crippen LogP contribution < -0.4 is 9.38 Å². The van der Waals surface area contributed by atoms with Crippen LogP contribution in [0.1, 0.15) is 20.8 Å². The van der Waals surface area contributed by atoms with Crippen LogP contribution in [0.5, 0.6) is 0 Å². The lowest BCUT2D eigenvalue weighted by molar-refractivity contribution is -0.127. The van der Waals surface area contributed by atoms with E-state index in [1.54, 1.807) is 12.1 Å². The van der Waals surface area contributed by atoms with Crippen LogP contribution in [0, 0.1) is 11.6 Å². The molecular formula is C23H30F2N3O3S+. The average molecular weight is 467 g/mol. The molecule has 0 aromatic heterocycles. The van der Waals surface area contributed by atoms with Gasteiger partial charge in [-0.2, -0.15) is 0 Å². The van der Waals surface area contributed by atoms with Crippen molar-refractivity contribution in [3.8, 4) is 0 Å². The van der Waals surface area contributed by atoms with Crippen molar-refractivity contribution < 1.29 is 22.0 Å². The zero-order chi connectivity index (χ0) is 23.7. The molecule has 1 aliphatic rings. The SMILES string of the molecule is CC[N+](CC)(C(C)=O)c1cc(N2CCN(C)CC2)ccc1S(=O)(=O)c1ccc(F)c(F)c1. The van der Waals surface area contributed by atoms with Crippen LogP contribution in [0.3, 0.4) is 0 Å². The molecule has 0 unspecified atom stereocenters. The molecular weight excluding hydrogens is 436 g/mol. The van der Waals surface area contributed by atoms with Crippen LogP contribution in [-0.4, -0.2) is 65.5 Å². The lowest BCUT2D eigenvalue weighted by Crippen LogP contribution is -2.53. The molecule has 3 rings (SSSR count). The van der Waals surface area contributed by atoms with Crippen molar-refractivity contribution in [2.45, 2.75) is 30.6 Å². The number of hydrogen-bond donors (Lipinski definition) is 0. The molecule has 0 aliphatic carbocycles. The van der Waals surface area contributed by atoms with Crippen molar-refractivity contribution in [1.82, 2.24) is 9.38 Å². The molecule has 2 aromatic rings. The minimum Gasteiger partial charge on any atom is -0.369 e. The number of rotatable bonds is 6. The number of hydrogen-bond acceptors (Lipinski definition) is 5. The average Bonchev–Trinajstić information content (AvgIpc) is 2.77. The quantitative estimate of drug-likeness (QED) is 0.482. The Kier molecular flexibility index (Phi) is 7.02. The predicted molar refractivity (Wildman–Crippen MR) is 122 cm³/mol. The monoisotopic (exact) mass is 466 g/mol. The Hall–Kier alpha value is -2.36. The van der Waals surface area contributed by atoms with Gasteiger partial charge in [0.25, 0.3) is 0 Å². The number of anilines is 1. The summed E-state index contributed by atoms with van der Waals surface area (Å²) < 4.78 is 54.2. The number of carbonyl (C=O) groups is 1. The molecule has 1 fully saturated rings. The molecule has 9 heteroatoms. The molecule has 1 heterocycles. The van der Waals surface area contributed by atoms with Crippen LogP contribution in [0.2, 0.25) is 0 Å². The Labute approximate surface area is 188 Å². The van der Waals surface area contributed by atoms with Gasteiger partial charge in [0.1, 0.15) is 4.90 Å². The number of quaternary nitrogens is 1. The summed E-state index contributed by atoms with van der Waals surface area (Å²) in [4.78, 5) is 16.8. The maximum atomic E-state index is 13.9. The van der Waals surface area contributed by atoms with Crippen LogP contribution in [0.25, 0.3) is 0 Å². The fourth-order valence-electron chi connectivity index (χ4n) is 4.28. The van der Waals surface area contributed by atoms with E-state index in [9.17, 15) is 22.0 Å². The highest BCUT2D eigenvalue weighted by atomic mass is 32.2. The minimum absolute atomic E-state index is 0.0692. The molecule has 174 valence electrons. The summed E-state index contributed by atoms with van der Waals surface area (Å²) in [6, 6.07) is 7.51. The first-order chi connectivity index (χ1) is 15.1. The molecule has 0 saturated carbocycles. The third kappa shape index (κ3) is 4.29. The van der Waals surface area contributed by atoms with E-state index in [4.69, 9.17) is 0 Å². The molecule has 1 amide bonds. The van der Waals surface area contributed by atoms with Crippen LogP contribution in [0.4, 0.5) is 20.2 Å². The summed E-state index contributed by atoms with van der Waals surface area (Å²) in [6.45, 7) is 9.15. The molecule has 32 heavy (non-hydrogen) atoms. The number of likely N-dealkylation sites (N-methyl/N-ethyl adjacent to an activating group) is 1. The Morgan fingerprint density at radius 2 is 1.59 bits per heavy atom. The van der Waals surface area contributed by atoms with Gasteiger partial charge in [0.05, 0.1) is 24.9 Å². The second kappa shape index (κ2) is 9.25. The minimum atomic E-state index is -4.20. The highest BCUT2D eigenvalue weighted by molar-refractivity contribution is 7.91. The Morgan fingerprint density at radius 1 is 0.969 bits per heavy atom. The molecule has 0 bridgehead atoms. The molecule has 0 radical (unpaired) electrons. The zero-order valence-corrected chi connectivity index (χ0v) is 19.8. The molecule has 6 nitrogen and oxygen atoms in total. The predicted octanol–water partition coefficient (Wildman–Crippen LogP) is 3.44. The normalized spacial score (nSPS) is 15.8. The first kappa shape index (κ1) is 24.3. The van der Waals surface area contributed by atoms with Crippen LogP contribution in [-0.2, 0) is 14.6 Å². The van der Waals surface area contributed by atoms with Gasteiger partial charge < -0.3 is 9.80 Å². The standard InChI is InChI=1S/C23H30F2N3O3S/c1-5-28(6-2,17(3)29)22-15-18(27-13-11-26(4)12-14-27)7-10-23(22)32(30,31)19-8-9-20(24)21(25)16-19/h7-10,15-16H,5-6,11-14H2,1-4H3/q+1. The fourth-order valence-corrected chi connectivity index (χ4v) is 5.80. The lowest BCUT2D eigenvalue weighted by Gasteiger charge is -2.37. The molecule has 1 saturated heterocycles. The zero-order valence-electron chi connectivity index (χ0n) is 18.9. The first-order valence-corrected chi connectivity index (χ1v) is 12.2. The highest BCUT2D eigenvalue weighted by Crippen LogP contribution is 2.38. The van der Waals surface area contributed by atoms with Gasteiger partial charge in [-0.1, -0.05) is 0 Å². The summed E-state index contributed by atoms with van der Waals surface area (Å²) in [7, 11) is -2.16. The number of carbonyl (C=O) groups excluding carboxylic acids is 1. The smallest absolute Gasteiger partial charge is 0.315 e. The maximum absolute atomic E-state index is 13.9. The summed E-state index contributed by atoms with van der Waals surface area (Å²) in [5.74, 6) is -2.54. The van der Waals surface area contributed by atoms with Crippen molar-refractivity contribution in [3.63, 3.8) is 0 Å². The van der Waals surface area contributed by atoms with E-state index >= 15 is 0 Å². The summed E-state index contributed by atoms with van der Waals surface area (Å²) in [5, 5.41) is 0. The summed E-state index contributed by atoms with van der Waals surface area (Å²) in [5.41, 5.74) is 1.19. The van der Waals surface area contributed by atoms with Crippen molar-refractivity contribution in [1.29, 1.82) is 0 Å². The third-order valence-electron chi connectivity index (χ3n) is 6.45. The molecule has 0 spiro atoms. The van der Waals surface area contributed by atoms with Crippen LogP contribution >= 0.6 is 0 Å². The Morgan fingerprint density at radius 3 is 2.12 bits per heavy atom. The van der Waals surface area contributed by atoms with E-state index in [-0.39, 0.29) is 20.2 Å². The van der Waals surface area contributed by atoms with E-state index < -0.39 is 21.5 Å². The van der Waals surface area contributed by atoms with E-state index in [2.05, 4.69) is 9.80 Å². The Bertz CT molecular complexity index is 1110. The van der Waals surface area contributed by atoms with Gasteiger partial charge in [-0.05, 0) is 51.2 Å². The van der Waals surface area contributed by atoms with E-state index in [1.807, 2.05) is 20.9 Å². The lowest BCUT2D eigenvalue weighted by atomic mass is 10.1. The third-order valence-corrected chi connectivity index (χ3v) is 8.24. The van der Waals surface area contributed by atoms with E-state index in [0.717, 1.165) is 44.0 Å². The highest BCUT2D eigenvalue weighted by Gasteiger charge is 2.39. The largest absolute Gasteiger partial charge is 0.369 e. The number of benzene rings is 2. The van der Waals surface area contributed by atoms with E-state index in [0.29, 0.717) is 24.8 Å². The summed E-state index contributed by atoms with van der Waals surface area (Å²) >= 11 is 0. The maximum Gasteiger partial charge on any atom is 0.315 e. The van der Waals surface area contributed by atoms with Crippen LogP contribution in [0.15, 0.2) is 46.2 Å².